The van der Waals surface area contributed by atoms with Crippen LogP contribution in [0, 0.1) is 0 Å². The fourth-order valence-electron chi connectivity index (χ4n) is 3.59. The lowest BCUT2D eigenvalue weighted by atomic mass is 9.97. The predicted molar refractivity (Wildman–Crippen MR) is 81.7 cm³/mol. The molecule has 1 saturated heterocycles. The molecule has 0 saturated carbocycles. The van der Waals surface area contributed by atoms with Gasteiger partial charge in [0.15, 0.2) is 0 Å². The Hall–Kier alpha value is -0.900. The van der Waals surface area contributed by atoms with Gasteiger partial charge in [-0.3, -0.25) is 4.90 Å². The molecule has 0 bridgehead atoms. The number of hydrogen-bond donors (Lipinski definition) is 1. The second-order valence-electron chi connectivity index (χ2n) is 6.04. The third-order valence-corrected chi connectivity index (χ3v) is 4.76. The third kappa shape index (κ3) is 3.05. The molecule has 0 aromatic heterocycles. The van der Waals surface area contributed by atoms with Gasteiger partial charge >= 0.3 is 0 Å². The molecule has 3 heteroatoms. The highest BCUT2D eigenvalue weighted by atomic mass is 16.5. The van der Waals surface area contributed by atoms with E-state index in [1.54, 1.807) is 0 Å². The summed E-state index contributed by atoms with van der Waals surface area (Å²) in [5.74, 6) is 0. The van der Waals surface area contributed by atoms with Crippen LogP contribution in [0.15, 0.2) is 24.3 Å². The fourth-order valence-corrected chi connectivity index (χ4v) is 3.59. The van der Waals surface area contributed by atoms with E-state index in [1.165, 1.54) is 43.4 Å². The van der Waals surface area contributed by atoms with Gasteiger partial charge in [0.2, 0.25) is 0 Å². The molecule has 2 unspecified atom stereocenters. The van der Waals surface area contributed by atoms with Gasteiger partial charge in [-0.2, -0.15) is 0 Å². The van der Waals surface area contributed by atoms with Crippen LogP contribution in [0.5, 0.6) is 0 Å². The molecular formula is C17H26N2O. The molecule has 2 atom stereocenters. The number of benzene rings is 1. The van der Waals surface area contributed by atoms with Crippen molar-refractivity contribution in [2.75, 3.05) is 26.2 Å². The minimum Gasteiger partial charge on any atom is -0.372 e. The van der Waals surface area contributed by atoms with E-state index in [0.717, 1.165) is 26.1 Å². The summed E-state index contributed by atoms with van der Waals surface area (Å²) in [6.45, 7) is 3.79. The summed E-state index contributed by atoms with van der Waals surface area (Å²) in [6, 6.07) is 9.27. The summed E-state index contributed by atoms with van der Waals surface area (Å²) in [6.07, 6.45) is 6.48. The van der Waals surface area contributed by atoms with Crippen LogP contribution in [0.3, 0.4) is 0 Å². The number of fused-ring (bicyclic) bond motifs is 1. The summed E-state index contributed by atoms with van der Waals surface area (Å²) >= 11 is 0. The Morgan fingerprint density at radius 2 is 2.10 bits per heavy atom. The number of hydrogen-bond acceptors (Lipinski definition) is 3. The first-order valence-electron chi connectivity index (χ1n) is 8.02. The maximum atomic E-state index is 6.06. The molecule has 20 heavy (non-hydrogen) atoms. The molecule has 3 nitrogen and oxygen atoms in total. The third-order valence-electron chi connectivity index (χ3n) is 4.76. The van der Waals surface area contributed by atoms with Crippen LogP contribution in [-0.2, 0) is 11.2 Å². The summed E-state index contributed by atoms with van der Waals surface area (Å²) in [7, 11) is 0. The quantitative estimate of drug-likeness (QED) is 0.920. The topological polar surface area (TPSA) is 38.5 Å². The van der Waals surface area contributed by atoms with Crippen LogP contribution in [-0.4, -0.2) is 37.2 Å². The Morgan fingerprint density at radius 3 is 3.00 bits per heavy atom. The molecule has 2 aliphatic rings. The first-order valence-corrected chi connectivity index (χ1v) is 8.02. The Kier molecular flexibility index (Phi) is 4.71. The Balaban J connectivity index is 1.73. The first kappa shape index (κ1) is 14.1. The van der Waals surface area contributed by atoms with Crippen molar-refractivity contribution >= 4 is 0 Å². The van der Waals surface area contributed by atoms with Crippen molar-refractivity contribution in [1.82, 2.24) is 4.90 Å². The van der Waals surface area contributed by atoms with Crippen LogP contribution in [0.4, 0.5) is 0 Å². The second kappa shape index (κ2) is 6.70. The van der Waals surface area contributed by atoms with Gasteiger partial charge in [0.1, 0.15) is 0 Å². The zero-order valence-electron chi connectivity index (χ0n) is 12.3. The molecule has 1 aromatic rings. The molecule has 2 heterocycles. The van der Waals surface area contributed by atoms with Crippen molar-refractivity contribution in [2.45, 2.75) is 44.2 Å². The van der Waals surface area contributed by atoms with Crippen molar-refractivity contribution in [1.29, 1.82) is 0 Å². The van der Waals surface area contributed by atoms with E-state index >= 15 is 0 Å². The van der Waals surface area contributed by atoms with Crippen LogP contribution in [0.1, 0.15) is 42.9 Å². The van der Waals surface area contributed by atoms with Crippen LogP contribution < -0.4 is 5.73 Å². The summed E-state index contributed by atoms with van der Waals surface area (Å²) < 4.78 is 6.06. The zero-order valence-corrected chi connectivity index (χ0v) is 12.3. The smallest absolute Gasteiger partial charge is 0.0954 e. The van der Waals surface area contributed by atoms with Gasteiger partial charge in [-0.25, -0.2) is 0 Å². The second-order valence-corrected chi connectivity index (χ2v) is 6.04. The maximum absolute atomic E-state index is 6.06. The molecule has 0 amide bonds. The fraction of sp³-hybridized carbons (Fsp3) is 0.647. The predicted octanol–water partition coefficient (Wildman–Crippen LogP) is 2.50. The minimum absolute atomic E-state index is 0.229. The lowest BCUT2D eigenvalue weighted by molar-refractivity contribution is 0.00728. The van der Waals surface area contributed by atoms with Crippen molar-refractivity contribution in [3.63, 3.8) is 0 Å². The van der Waals surface area contributed by atoms with E-state index in [-0.39, 0.29) is 6.10 Å². The monoisotopic (exact) mass is 274 g/mol. The standard InChI is InChI=1S/C17H26N2O/c18-12-15-7-2-1-5-10-19(15)13-17-16-8-4-3-6-14(16)9-11-20-17/h3-4,6,8,15,17H,1-2,5,7,9-13,18H2. The average molecular weight is 274 g/mol. The van der Waals surface area contributed by atoms with Gasteiger partial charge < -0.3 is 10.5 Å². The van der Waals surface area contributed by atoms with E-state index in [0.29, 0.717) is 6.04 Å². The Labute approximate surface area is 122 Å². The largest absolute Gasteiger partial charge is 0.372 e. The van der Waals surface area contributed by atoms with Crippen LogP contribution >= 0.6 is 0 Å². The zero-order chi connectivity index (χ0) is 13.8. The molecule has 1 fully saturated rings. The molecule has 0 spiro atoms. The van der Waals surface area contributed by atoms with Gasteiger partial charge in [0.05, 0.1) is 12.7 Å². The first-order chi connectivity index (χ1) is 9.88. The lowest BCUT2D eigenvalue weighted by Gasteiger charge is -2.35. The van der Waals surface area contributed by atoms with E-state index in [4.69, 9.17) is 10.5 Å². The molecule has 3 rings (SSSR count). The number of ether oxygens (including phenoxy) is 1. The average Bonchev–Trinajstić information content (AvgIpc) is 2.72. The highest BCUT2D eigenvalue weighted by Gasteiger charge is 2.26. The van der Waals surface area contributed by atoms with E-state index in [9.17, 15) is 0 Å². The summed E-state index contributed by atoms with van der Waals surface area (Å²) in [5, 5.41) is 0. The normalized spacial score (nSPS) is 27.9. The SMILES string of the molecule is NCC1CCCCCN1CC1OCCc2ccccc21. The molecule has 1 aromatic carbocycles. The summed E-state index contributed by atoms with van der Waals surface area (Å²) in [4.78, 5) is 2.57. The summed E-state index contributed by atoms with van der Waals surface area (Å²) in [5.41, 5.74) is 8.83. The highest BCUT2D eigenvalue weighted by Crippen LogP contribution is 2.29. The van der Waals surface area contributed by atoms with Crippen molar-refractivity contribution in [2.24, 2.45) is 5.73 Å². The molecular weight excluding hydrogens is 248 g/mol. The highest BCUT2D eigenvalue weighted by molar-refractivity contribution is 5.31. The minimum atomic E-state index is 0.229. The number of likely N-dealkylation sites (tertiary alicyclic amines) is 1. The van der Waals surface area contributed by atoms with Gasteiger partial charge in [0, 0.05) is 19.1 Å². The van der Waals surface area contributed by atoms with E-state index < -0.39 is 0 Å². The van der Waals surface area contributed by atoms with Gasteiger partial charge in [-0.15, -0.1) is 0 Å². The van der Waals surface area contributed by atoms with Crippen molar-refractivity contribution < 1.29 is 4.74 Å². The number of rotatable bonds is 3. The molecule has 0 radical (unpaired) electrons. The molecule has 0 aliphatic carbocycles. The Morgan fingerprint density at radius 1 is 1.20 bits per heavy atom. The van der Waals surface area contributed by atoms with Gasteiger partial charge in [-0.1, -0.05) is 37.1 Å². The van der Waals surface area contributed by atoms with Gasteiger partial charge in [0.25, 0.3) is 0 Å². The maximum Gasteiger partial charge on any atom is 0.0954 e. The van der Waals surface area contributed by atoms with Crippen molar-refractivity contribution in [3.8, 4) is 0 Å². The van der Waals surface area contributed by atoms with Crippen LogP contribution in [0.2, 0.25) is 0 Å². The number of nitrogens with two attached hydrogens (primary N) is 1. The molecule has 110 valence electrons. The van der Waals surface area contributed by atoms with Crippen molar-refractivity contribution in [3.05, 3.63) is 35.4 Å². The number of nitrogens with zero attached hydrogens (tertiary/aromatic N) is 1. The molecule has 2 N–H and O–H groups in total. The molecule has 2 aliphatic heterocycles. The van der Waals surface area contributed by atoms with E-state index in [2.05, 4.69) is 29.2 Å². The van der Waals surface area contributed by atoms with Gasteiger partial charge in [-0.05, 0) is 36.9 Å². The van der Waals surface area contributed by atoms with Crippen LogP contribution in [0.25, 0.3) is 0 Å². The lowest BCUT2D eigenvalue weighted by Crippen LogP contribution is -2.43. The van der Waals surface area contributed by atoms with E-state index in [1.807, 2.05) is 0 Å². The Bertz CT molecular complexity index is 435.